The molecular weight excluding hydrogens is 560 g/mol. The molecule has 42 heavy (non-hydrogen) atoms. The molecule has 1 saturated carbocycles. The van der Waals surface area contributed by atoms with Gasteiger partial charge in [-0.25, -0.2) is 0 Å². The summed E-state index contributed by atoms with van der Waals surface area (Å²) < 4.78 is 92.3. The molecule has 4 aliphatic rings. The van der Waals surface area contributed by atoms with Gasteiger partial charge in [-0.3, -0.25) is 4.90 Å². The molecule has 2 aromatic rings. The molecule has 0 bridgehead atoms. The second kappa shape index (κ2) is 10.1. The Hall–Kier alpha value is -3.44. The number of nitrogens with zero attached hydrogens (tertiary/aromatic N) is 3. The minimum absolute atomic E-state index is 0.0779. The van der Waals surface area contributed by atoms with Gasteiger partial charge < -0.3 is 9.15 Å². The van der Waals surface area contributed by atoms with Crippen molar-refractivity contribution in [2.45, 2.75) is 76.1 Å². The number of hydrogen-bond donors (Lipinski definition) is 0. The van der Waals surface area contributed by atoms with Crippen LogP contribution in [0.25, 0.3) is 11.1 Å². The molecule has 0 N–H and O–H groups in total. The number of rotatable bonds is 2. The Morgan fingerprint density at radius 2 is 1.60 bits per heavy atom. The fourth-order valence-corrected chi connectivity index (χ4v) is 6.32. The lowest BCUT2D eigenvalue weighted by molar-refractivity contribution is -0.0971. The summed E-state index contributed by atoms with van der Waals surface area (Å²) in [7, 11) is 0. The standard InChI is InChI=1S/C31H29F6N3O2/c1-28(2)40(17-19-6-4-3-5-7-19)29(18-41-28)11-10-20-8-9-21(12-23(20)16-29)26-38-39-27(42-26)22-13-24(30(32,33)34)15-25(14-22)31(35,36)37/h3-8,12-13,15H,9-11,14,16-18H2,1-2H3/t29-/m0/s1. The monoisotopic (exact) mass is 589 g/mol. The lowest BCUT2D eigenvalue weighted by Gasteiger charge is -2.46. The number of alkyl halides is 6. The summed E-state index contributed by atoms with van der Waals surface area (Å²) in [4.78, 5) is 2.42. The average molecular weight is 590 g/mol. The number of aromatic nitrogens is 2. The van der Waals surface area contributed by atoms with Crippen molar-refractivity contribution in [1.29, 1.82) is 0 Å². The zero-order valence-corrected chi connectivity index (χ0v) is 23.1. The predicted octanol–water partition coefficient (Wildman–Crippen LogP) is 6.20. The zero-order chi connectivity index (χ0) is 29.9. The van der Waals surface area contributed by atoms with E-state index in [0.717, 1.165) is 25.0 Å². The van der Waals surface area contributed by atoms with Crippen LogP contribution in [0.5, 0.6) is 0 Å². The van der Waals surface area contributed by atoms with Gasteiger partial charge in [-0.05, 0) is 74.5 Å². The molecule has 2 heterocycles. The molecule has 0 amide bonds. The van der Waals surface area contributed by atoms with Crippen molar-refractivity contribution in [3.8, 4) is 0 Å². The van der Waals surface area contributed by atoms with Gasteiger partial charge in [-0.2, -0.15) is 26.3 Å². The van der Waals surface area contributed by atoms with E-state index >= 15 is 0 Å². The molecule has 1 aliphatic heterocycles. The number of ether oxygens (including phenoxy) is 1. The van der Waals surface area contributed by atoms with Crippen LogP contribution >= 0.6 is 0 Å². The Morgan fingerprint density at radius 1 is 0.881 bits per heavy atom. The van der Waals surface area contributed by atoms with Gasteiger partial charge in [0.05, 0.1) is 17.7 Å². The molecule has 5 nitrogen and oxygen atoms in total. The van der Waals surface area contributed by atoms with Crippen LogP contribution in [0.4, 0.5) is 26.3 Å². The van der Waals surface area contributed by atoms with E-state index in [2.05, 4.69) is 47.2 Å². The molecular formula is C31H29F6N3O2. The van der Waals surface area contributed by atoms with E-state index in [9.17, 15) is 26.3 Å². The maximum Gasteiger partial charge on any atom is 0.416 e. The third kappa shape index (κ3) is 5.40. The van der Waals surface area contributed by atoms with Crippen LogP contribution in [-0.4, -0.2) is 45.3 Å². The first kappa shape index (κ1) is 28.7. The predicted molar refractivity (Wildman–Crippen MR) is 143 cm³/mol. The number of hydrogen-bond acceptors (Lipinski definition) is 5. The fourth-order valence-electron chi connectivity index (χ4n) is 6.32. The van der Waals surface area contributed by atoms with Crippen molar-refractivity contribution in [3.05, 3.63) is 93.6 Å². The van der Waals surface area contributed by atoms with Crippen LogP contribution in [0.2, 0.25) is 0 Å². The molecule has 0 radical (unpaired) electrons. The molecule has 1 spiro atoms. The summed E-state index contributed by atoms with van der Waals surface area (Å²) >= 11 is 0. The Morgan fingerprint density at radius 3 is 2.29 bits per heavy atom. The van der Waals surface area contributed by atoms with Gasteiger partial charge in [0.15, 0.2) is 0 Å². The molecule has 6 rings (SSSR count). The van der Waals surface area contributed by atoms with Crippen LogP contribution in [0.1, 0.15) is 51.5 Å². The summed E-state index contributed by atoms with van der Waals surface area (Å²) in [6, 6.07) is 10.2. The van der Waals surface area contributed by atoms with Gasteiger partial charge in [-0.1, -0.05) is 36.4 Å². The summed E-state index contributed by atoms with van der Waals surface area (Å²) in [6.07, 6.45) is -2.88. The SMILES string of the molecule is CC1(C)OC[C@@]2(CCC3=CCC(=c4nnc(=C5C=C(C(F)(F)F)C=C(C(F)(F)F)C5)o4)C=C3C2)N1Cc1ccccc1. The number of fused-ring (bicyclic) bond motifs is 1. The van der Waals surface area contributed by atoms with Crippen LogP contribution in [0, 0.1) is 0 Å². The third-order valence-electron chi connectivity index (χ3n) is 8.51. The van der Waals surface area contributed by atoms with Crippen LogP contribution in [0.15, 0.2) is 81.3 Å². The lowest BCUT2D eigenvalue weighted by Crippen LogP contribution is -2.53. The largest absolute Gasteiger partial charge is 0.417 e. The highest BCUT2D eigenvalue weighted by molar-refractivity contribution is 5.66. The van der Waals surface area contributed by atoms with Crippen molar-refractivity contribution < 1.29 is 35.5 Å². The summed E-state index contributed by atoms with van der Waals surface area (Å²) in [5.74, 6) is 0. The highest BCUT2D eigenvalue weighted by Gasteiger charge is 2.53. The van der Waals surface area contributed by atoms with Crippen LogP contribution in [-0.2, 0) is 11.3 Å². The lowest BCUT2D eigenvalue weighted by atomic mass is 9.73. The topological polar surface area (TPSA) is 51.4 Å². The van der Waals surface area contributed by atoms with Crippen LogP contribution < -0.4 is 11.1 Å². The molecule has 3 aliphatic carbocycles. The van der Waals surface area contributed by atoms with Crippen molar-refractivity contribution in [2.24, 2.45) is 0 Å². The van der Waals surface area contributed by atoms with E-state index in [1.165, 1.54) is 11.1 Å². The van der Waals surface area contributed by atoms with E-state index in [1.54, 1.807) is 0 Å². The Kier molecular flexibility index (Phi) is 6.88. The maximum absolute atomic E-state index is 13.4. The first-order valence-corrected chi connectivity index (χ1v) is 13.7. The van der Waals surface area contributed by atoms with E-state index in [1.807, 2.05) is 24.3 Å². The molecule has 1 aromatic heterocycles. The normalized spacial score (nSPS) is 27.3. The highest BCUT2D eigenvalue weighted by Crippen LogP contribution is 2.49. The summed E-state index contributed by atoms with van der Waals surface area (Å²) in [6.45, 7) is 5.44. The molecule has 0 unspecified atom stereocenters. The number of benzene rings is 1. The minimum Gasteiger partial charge on any atom is -0.417 e. The maximum atomic E-state index is 13.4. The van der Waals surface area contributed by atoms with Crippen molar-refractivity contribution in [1.82, 2.24) is 15.1 Å². The first-order chi connectivity index (χ1) is 19.7. The summed E-state index contributed by atoms with van der Waals surface area (Å²) in [5.41, 5.74) is 0.122. The van der Waals surface area contributed by atoms with Gasteiger partial charge >= 0.3 is 12.4 Å². The second-order valence-electron chi connectivity index (χ2n) is 11.7. The fraction of sp³-hybridized carbons (Fsp3) is 0.419. The Labute approximate surface area is 238 Å². The quantitative estimate of drug-likeness (QED) is 0.391. The smallest absolute Gasteiger partial charge is 0.416 e. The molecule has 11 heteroatoms. The molecule has 1 saturated heterocycles. The molecule has 2 fully saturated rings. The first-order valence-electron chi connectivity index (χ1n) is 13.7. The van der Waals surface area contributed by atoms with Gasteiger partial charge in [0, 0.05) is 29.7 Å². The van der Waals surface area contributed by atoms with E-state index in [-0.39, 0.29) is 28.3 Å². The zero-order valence-electron chi connectivity index (χ0n) is 23.1. The third-order valence-corrected chi connectivity index (χ3v) is 8.51. The molecule has 1 atom stereocenters. The average Bonchev–Trinajstić information content (AvgIpc) is 3.52. The van der Waals surface area contributed by atoms with Crippen LogP contribution in [0.3, 0.4) is 0 Å². The van der Waals surface area contributed by atoms with Crippen molar-refractivity contribution in [2.75, 3.05) is 6.61 Å². The summed E-state index contributed by atoms with van der Waals surface area (Å²) in [5, 5.41) is 7.86. The van der Waals surface area contributed by atoms with Gasteiger partial charge in [0.2, 0.25) is 11.1 Å². The van der Waals surface area contributed by atoms with Gasteiger partial charge in [0.1, 0.15) is 5.72 Å². The Balaban J connectivity index is 1.35. The number of allylic oxidation sites excluding steroid dienone is 7. The van der Waals surface area contributed by atoms with E-state index < -0.39 is 35.6 Å². The van der Waals surface area contributed by atoms with E-state index in [4.69, 9.17) is 9.15 Å². The Bertz CT molecular complexity index is 1640. The number of halogens is 6. The molecule has 222 valence electrons. The molecule has 1 aromatic carbocycles. The van der Waals surface area contributed by atoms with Crippen molar-refractivity contribution >= 4 is 11.1 Å². The van der Waals surface area contributed by atoms with Gasteiger partial charge in [-0.15, -0.1) is 10.2 Å². The van der Waals surface area contributed by atoms with E-state index in [0.29, 0.717) is 31.1 Å². The second-order valence-corrected chi connectivity index (χ2v) is 11.7. The van der Waals surface area contributed by atoms with Crippen molar-refractivity contribution in [3.63, 3.8) is 0 Å². The highest BCUT2D eigenvalue weighted by atomic mass is 19.4. The minimum atomic E-state index is -4.96. The van der Waals surface area contributed by atoms with Gasteiger partial charge in [0.25, 0.3) is 0 Å².